The fourth-order valence-corrected chi connectivity index (χ4v) is 1.78. The molecule has 2 N–H and O–H groups in total. The molecule has 1 aliphatic rings. The van der Waals surface area contributed by atoms with Crippen LogP contribution in [-0.4, -0.2) is 36.4 Å². The normalized spacial score (nSPS) is 16.7. The third kappa shape index (κ3) is 3.36. The Morgan fingerprint density at radius 1 is 1.42 bits per heavy atom. The monoisotopic (exact) mass is 300 g/mol. The number of nitrogens with one attached hydrogen (secondary N) is 2. The smallest absolute Gasteiger partial charge is 0.336 e. The molecule has 0 saturated carbocycles. The van der Waals surface area contributed by atoms with Crippen LogP contribution in [0.25, 0.3) is 0 Å². The Kier molecular flexibility index (Phi) is 3.92. The number of carbonyl (C=O) groups is 2. The van der Waals surface area contributed by atoms with Gasteiger partial charge >= 0.3 is 6.03 Å². The van der Waals surface area contributed by atoms with E-state index in [4.69, 9.17) is 23.2 Å². The molecule has 19 heavy (non-hydrogen) atoms. The molecular formula is C11H10Cl2N4O2. The highest BCUT2D eigenvalue weighted by Gasteiger charge is 2.22. The number of guanidine groups is 1. The van der Waals surface area contributed by atoms with E-state index in [0.717, 1.165) is 0 Å². The molecule has 8 heteroatoms. The standard InChI is InChI=1S/C11H10Cl2N4O2/c1-17-5-9(18)15-10(17)16-11(19)14-6-2-3-7(12)8(13)4-6/h2-4H,5H2,1H3,(H2,14,15,16,18,19). The Morgan fingerprint density at radius 3 is 2.74 bits per heavy atom. The van der Waals surface area contributed by atoms with Crippen LogP contribution in [0.15, 0.2) is 23.2 Å². The lowest BCUT2D eigenvalue weighted by Crippen LogP contribution is -2.29. The fraction of sp³-hybridized carbons (Fsp3) is 0.182. The van der Waals surface area contributed by atoms with E-state index >= 15 is 0 Å². The minimum absolute atomic E-state index is 0.179. The summed E-state index contributed by atoms with van der Waals surface area (Å²) in [6, 6.07) is 4.07. The molecular weight excluding hydrogens is 291 g/mol. The van der Waals surface area contributed by atoms with E-state index in [-0.39, 0.29) is 18.4 Å². The van der Waals surface area contributed by atoms with E-state index in [9.17, 15) is 9.59 Å². The van der Waals surface area contributed by atoms with Crippen LogP contribution in [-0.2, 0) is 4.79 Å². The number of urea groups is 1. The van der Waals surface area contributed by atoms with E-state index in [0.29, 0.717) is 15.7 Å². The van der Waals surface area contributed by atoms with E-state index in [1.807, 2.05) is 0 Å². The molecule has 1 aromatic rings. The summed E-state index contributed by atoms with van der Waals surface area (Å²) >= 11 is 11.6. The highest BCUT2D eigenvalue weighted by molar-refractivity contribution is 6.42. The first-order valence-corrected chi connectivity index (χ1v) is 6.07. The number of amides is 3. The second-order valence-electron chi connectivity index (χ2n) is 3.90. The van der Waals surface area contributed by atoms with Crippen molar-refractivity contribution in [3.63, 3.8) is 0 Å². The number of aliphatic imine (C=N–C) groups is 1. The van der Waals surface area contributed by atoms with Gasteiger partial charge in [-0.3, -0.25) is 10.1 Å². The zero-order valence-electron chi connectivity index (χ0n) is 9.91. The second kappa shape index (κ2) is 5.46. The fourth-order valence-electron chi connectivity index (χ4n) is 1.48. The lowest BCUT2D eigenvalue weighted by Gasteiger charge is -2.08. The molecule has 100 valence electrons. The van der Waals surface area contributed by atoms with Crippen molar-refractivity contribution in [2.45, 2.75) is 0 Å². The van der Waals surface area contributed by atoms with Gasteiger partial charge in [0, 0.05) is 12.7 Å². The Bertz CT molecular complexity index is 574. The number of carbonyl (C=O) groups excluding carboxylic acids is 2. The SMILES string of the molecule is CN1CC(=O)NC1=NC(=O)Nc1ccc(Cl)c(Cl)c1. The molecule has 1 fully saturated rings. The second-order valence-corrected chi connectivity index (χ2v) is 4.71. The van der Waals surface area contributed by atoms with Crippen LogP contribution >= 0.6 is 23.2 Å². The number of halogens is 2. The maximum absolute atomic E-state index is 11.7. The van der Waals surface area contributed by atoms with Crippen LogP contribution < -0.4 is 10.6 Å². The summed E-state index contributed by atoms with van der Waals surface area (Å²) in [5, 5.41) is 5.72. The number of likely N-dealkylation sites (N-methyl/N-ethyl adjacent to an activating group) is 1. The van der Waals surface area contributed by atoms with Crippen LogP contribution in [0.2, 0.25) is 10.0 Å². The number of hydrogen-bond acceptors (Lipinski definition) is 2. The molecule has 1 aliphatic heterocycles. The molecule has 2 rings (SSSR count). The highest BCUT2D eigenvalue weighted by atomic mass is 35.5. The molecule has 1 aromatic carbocycles. The molecule has 0 unspecified atom stereocenters. The first-order valence-electron chi connectivity index (χ1n) is 5.31. The quantitative estimate of drug-likeness (QED) is 0.832. The molecule has 0 bridgehead atoms. The molecule has 1 heterocycles. The van der Waals surface area contributed by atoms with Crippen molar-refractivity contribution in [2.24, 2.45) is 4.99 Å². The summed E-state index contributed by atoms with van der Waals surface area (Å²) in [7, 11) is 1.66. The van der Waals surface area contributed by atoms with Crippen LogP contribution in [0.4, 0.5) is 10.5 Å². The topological polar surface area (TPSA) is 73.8 Å². The minimum Gasteiger partial charge on any atom is -0.336 e. The summed E-state index contributed by atoms with van der Waals surface area (Å²) in [5.41, 5.74) is 0.468. The van der Waals surface area contributed by atoms with Gasteiger partial charge in [0.2, 0.25) is 11.9 Å². The largest absolute Gasteiger partial charge is 0.348 e. The summed E-state index contributed by atoms with van der Waals surface area (Å²) < 4.78 is 0. The average Bonchev–Trinajstić information content (AvgIpc) is 2.62. The molecule has 0 atom stereocenters. The van der Waals surface area contributed by atoms with Crippen LogP contribution in [0.5, 0.6) is 0 Å². The van der Waals surface area contributed by atoms with Gasteiger partial charge in [-0.2, -0.15) is 4.99 Å². The van der Waals surface area contributed by atoms with Gasteiger partial charge in [0.25, 0.3) is 0 Å². The van der Waals surface area contributed by atoms with E-state index in [1.165, 1.54) is 11.0 Å². The van der Waals surface area contributed by atoms with Crippen molar-refractivity contribution >= 4 is 46.8 Å². The Balaban J connectivity index is 2.07. The van der Waals surface area contributed by atoms with Crippen molar-refractivity contribution in [3.8, 4) is 0 Å². The Morgan fingerprint density at radius 2 is 2.16 bits per heavy atom. The van der Waals surface area contributed by atoms with Crippen molar-refractivity contribution in [1.29, 1.82) is 0 Å². The van der Waals surface area contributed by atoms with Crippen molar-refractivity contribution < 1.29 is 9.59 Å². The summed E-state index contributed by atoms with van der Waals surface area (Å²) in [6.45, 7) is 0.179. The molecule has 3 amide bonds. The first-order chi connectivity index (χ1) is 8.95. The van der Waals surface area contributed by atoms with Crippen molar-refractivity contribution in [1.82, 2.24) is 10.2 Å². The van der Waals surface area contributed by atoms with Gasteiger partial charge in [0.05, 0.1) is 16.6 Å². The zero-order chi connectivity index (χ0) is 14.0. The minimum atomic E-state index is -0.609. The van der Waals surface area contributed by atoms with Gasteiger partial charge in [-0.25, -0.2) is 4.79 Å². The Hall–Kier alpha value is -1.79. The lowest BCUT2D eigenvalue weighted by atomic mass is 10.3. The van der Waals surface area contributed by atoms with E-state index < -0.39 is 6.03 Å². The molecule has 0 spiro atoms. The lowest BCUT2D eigenvalue weighted by molar-refractivity contribution is -0.118. The summed E-state index contributed by atoms with van der Waals surface area (Å²) in [6.07, 6.45) is 0. The maximum atomic E-state index is 11.7. The summed E-state index contributed by atoms with van der Waals surface area (Å²) in [5.74, 6) is 0.00569. The Labute approximate surface area is 119 Å². The van der Waals surface area contributed by atoms with Crippen LogP contribution in [0, 0.1) is 0 Å². The maximum Gasteiger partial charge on any atom is 0.348 e. The van der Waals surface area contributed by atoms with Gasteiger partial charge in [0.1, 0.15) is 0 Å². The van der Waals surface area contributed by atoms with Gasteiger partial charge in [-0.1, -0.05) is 23.2 Å². The van der Waals surface area contributed by atoms with E-state index in [1.54, 1.807) is 19.2 Å². The number of hydrogen-bond donors (Lipinski definition) is 2. The number of nitrogens with zero attached hydrogens (tertiary/aromatic N) is 2. The third-order valence-electron chi connectivity index (χ3n) is 2.37. The highest BCUT2D eigenvalue weighted by Crippen LogP contribution is 2.25. The third-order valence-corrected chi connectivity index (χ3v) is 3.11. The predicted molar refractivity (Wildman–Crippen MR) is 73.7 cm³/mol. The zero-order valence-corrected chi connectivity index (χ0v) is 11.4. The van der Waals surface area contributed by atoms with E-state index in [2.05, 4.69) is 15.6 Å². The predicted octanol–water partition coefficient (Wildman–Crippen LogP) is 1.94. The van der Waals surface area contributed by atoms with Crippen molar-refractivity contribution in [3.05, 3.63) is 28.2 Å². The molecule has 6 nitrogen and oxygen atoms in total. The number of anilines is 1. The summed E-state index contributed by atoms with van der Waals surface area (Å²) in [4.78, 5) is 28.0. The number of rotatable bonds is 1. The van der Waals surface area contributed by atoms with Gasteiger partial charge < -0.3 is 10.2 Å². The van der Waals surface area contributed by atoms with Gasteiger partial charge in [-0.15, -0.1) is 0 Å². The number of benzene rings is 1. The van der Waals surface area contributed by atoms with Gasteiger partial charge in [-0.05, 0) is 18.2 Å². The molecule has 0 aliphatic carbocycles. The van der Waals surface area contributed by atoms with Gasteiger partial charge in [0.15, 0.2) is 0 Å². The first kappa shape index (κ1) is 13.6. The average molecular weight is 301 g/mol. The van der Waals surface area contributed by atoms with Crippen LogP contribution in [0.3, 0.4) is 0 Å². The van der Waals surface area contributed by atoms with Crippen molar-refractivity contribution in [2.75, 3.05) is 18.9 Å². The van der Waals surface area contributed by atoms with Crippen LogP contribution in [0.1, 0.15) is 0 Å². The molecule has 0 radical (unpaired) electrons. The molecule has 0 aromatic heterocycles. The molecule has 1 saturated heterocycles.